The topological polar surface area (TPSA) is 144 Å². The number of phenolic OH excluding ortho intramolecular Hbond substituents is 2. The van der Waals surface area contributed by atoms with Gasteiger partial charge in [-0.25, -0.2) is 19.9 Å². The number of hydrogen-bond donors (Lipinski definition) is 3. The van der Waals surface area contributed by atoms with Gasteiger partial charge in [0.15, 0.2) is 23.0 Å². The summed E-state index contributed by atoms with van der Waals surface area (Å²) in [7, 11) is 6.23. The number of anilines is 5. The van der Waals surface area contributed by atoms with E-state index < -0.39 is 0 Å². The third kappa shape index (κ3) is 5.49. The molecule has 2 aromatic heterocycles. The maximum Gasteiger partial charge on any atom is 0.162 e. The zero-order chi connectivity index (χ0) is 31.7. The molecule has 228 valence electrons. The second-order valence-electron chi connectivity index (χ2n) is 9.67. The summed E-state index contributed by atoms with van der Waals surface area (Å²) in [6.45, 7) is 0. The first kappa shape index (κ1) is 29.5. The second-order valence-corrected chi connectivity index (χ2v) is 10.5. The molecule has 4 aromatic carbocycles. The molecular weight excluding hydrogens is 644 g/mol. The molecule has 0 amide bonds. The van der Waals surface area contributed by atoms with Gasteiger partial charge in [-0.05, 0) is 58.4 Å². The van der Waals surface area contributed by atoms with Crippen LogP contribution in [0.15, 0.2) is 77.8 Å². The lowest BCUT2D eigenvalue weighted by Gasteiger charge is -2.28. The minimum Gasteiger partial charge on any atom is -0.508 e. The van der Waals surface area contributed by atoms with E-state index in [1.54, 1.807) is 89.1 Å². The third-order valence-corrected chi connectivity index (χ3v) is 7.75. The van der Waals surface area contributed by atoms with E-state index in [-0.39, 0.29) is 11.5 Å². The van der Waals surface area contributed by atoms with Crippen molar-refractivity contribution in [3.8, 4) is 34.5 Å². The van der Waals surface area contributed by atoms with Gasteiger partial charge in [0.25, 0.3) is 0 Å². The average Bonchev–Trinajstić information content (AvgIpc) is 3.06. The fraction of sp³-hybridized carbons (Fsp3) is 0.125. The monoisotopic (exact) mass is 670 g/mol. The van der Waals surface area contributed by atoms with Crippen LogP contribution in [0.2, 0.25) is 0 Å². The van der Waals surface area contributed by atoms with Crippen molar-refractivity contribution >= 4 is 66.4 Å². The predicted molar refractivity (Wildman–Crippen MR) is 174 cm³/mol. The summed E-state index contributed by atoms with van der Waals surface area (Å²) in [4.78, 5) is 20.3. The summed E-state index contributed by atoms with van der Waals surface area (Å²) in [6, 6.07) is 17.0. The molecule has 2 heterocycles. The molecule has 45 heavy (non-hydrogen) atoms. The second kappa shape index (κ2) is 12.2. The largest absolute Gasteiger partial charge is 0.508 e. The molecule has 0 unspecified atom stereocenters. The molecule has 0 atom stereocenters. The van der Waals surface area contributed by atoms with E-state index in [1.807, 2.05) is 4.90 Å². The fourth-order valence-electron chi connectivity index (χ4n) is 4.98. The summed E-state index contributed by atoms with van der Waals surface area (Å²) in [5.41, 5.74) is 2.91. The standard InChI is InChI=1S/C32H27BrN6O6/c1-42-27-11-19-22(13-29(27)44-3)34-15-36-31(19)39(32-20-12-28(43-2)30(45-4)14-23(20)35-16-37-32)25-7-6-18(40)10-24(25)38-17-5-8-26(41)21(33)9-17/h5-16,38,40-41H,1-4H3. The molecule has 6 rings (SSSR count). The van der Waals surface area contributed by atoms with Gasteiger partial charge in [0, 0.05) is 34.7 Å². The summed E-state index contributed by atoms with van der Waals surface area (Å²) in [5.74, 6) is 3.01. The molecular formula is C32H27BrN6O6. The smallest absolute Gasteiger partial charge is 0.162 e. The number of ether oxygens (including phenoxy) is 4. The summed E-state index contributed by atoms with van der Waals surface area (Å²) in [6.07, 6.45) is 2.91. The molecule has 0 aliphatic heterocycles. The number of aromatic nitrogens is 4. The normalized spacial score (nSPS) is 11.0. The zero-order valence-electron chi connectivity index (χ0n) is 24.6. The summed E-state index contributed by atoms with van der Waals surface area (Å²) in [5, 5.41) is 25.3. The quantitative estimate of drug-likeness (QED) is 0.136. The fourth-order valence-corrected chi connectivity index (χ4v) is 5.36. The van der Waals surface area contributed by atoms with E-state index >= 15 is 0 Å². The molecule has 0 aliphatic rings. The van der Waals surface area contributed by atoms with E-state index in [0.717, 1.165) is 0 Å². The molecule has 12 nitrogen and oxygen atoms in total. The van der Waals surface area contributed by atoms with Crippen LogP contribution in [0.4, 0.5) is 28.7 Å². The van der Waals surface area contributed by atoms with Crippen molar-refractivity contribution in [3.63, 3.8) is 0 Å². The van der Waals surface area contributed by atoms with Gasteiger partial charge < -0.3 is 34.5 Å². The number of nitrogens with zero attached hydrogens (tertiary/aromatic N) is 5. The third-order valence-electron chi connectivity index (χ3n) is 7.11. The Kier molecular flexibility index (Phi) is 8.00. The Morgan fingerprint density at radius 3 is 1.69 bits per heavy atom. The SMILES string of the molecule is COc1cc2ncnc(N(c3ccc(O)cc3Nc3ccc(O)c(Br)c3)c3ncnc4cc(OC)c(OC)cc34)c2cc1OC. The minimum atomic E-state index is 0.0250. The Labute approximate surface area is 266 Å². The molecule has 0 aliphatic carbocycles. The van der Waals surface area contributed by atoms with Crippen molar-refractivity contribution in [2.45, 2.75) is 0 Å². The van der Waals surface area contributed by atoms with Crippen LogP contribution in [0, 0.1) is 0 Å². The number of phenols is 2. The van der Waals surface area contributed by atoms with Crippen LogP contribution in [0.3, 0.4) is 0 Å². The van der Waals surface area contributed by atoms with E-state index in [2.05, 4.69) is 31.2 Å². The van der Waals surface area contributed by atoms with Crippen LogP contribution in [-0.4, -0.2) is 58.6 Å². The van der Waals surface area contributed by atoms with E-state index in [4.69, 9.17) is 28.9 Å². The highest BCUT2D eigenvalue weighted by Gasteiger charge is 2.26. The first-order chi connectivity index (χ1) is 21.8. The van der Waals surface area contributed by atoms with Crippen molar-refractivity contribution < 1.29 is 29.2 Å². The van der Waals surface area contributed by atoms with Crippen molar-refractivity contribution in [1.29, 1.82) is 0 Å². The number of halogens is 1. The number of aromatic hydroxyl groups is 2. The van der Waals surface area contributed by atoms with Gasteiger partial charge in [0.05, 0.1) is 55.3 Å². The Morgan fingerprint density at radius 1 is 0.644 bits per heavy atom. The average molecular weight is 672 g/mol. The van der Waals surface area contributed by atoms with E-state index in [0.29, 0.717) is 78.0 Å². The van der Waals surface area contributed by atoms with Crippen LogP contribution in [0.5, 0.6) is 34.5 Å². The number of benzene rings is 4. The Morgan fingerprint density at radius 2 is 1.18 bits per heavy atom. The highest BCUT2D eigenvalue weighted by molar-refractivity contribution is 9.10. The summed E-state index contributed by atoms with van der Waals surface area (Å²) >= 11 is 3.37. The lowest BCUT2D eigenvalue weighted by Crippen LogP contribution is -2.16. The van der Waals surface area contributed by atoms with Gasteiger partial charge in [-0.2, -0.15) is 0 Å². The molecule has 0 fully saturated rings. The molecule has 0 saturated heterocycles. The molecule has 0 radical (unpaired) electrons. The molecule has 0 bridgehead atoms. The van der Waals surface area contributed by atoms with Gasteiger partial charge in [-0.1, -0.05) is 0 Å². The molecule has 0 spiro atoms. The molecule has 6 aromatic rings. The first-order valence-corrected chi connectivity index (χ1v) is 14.3. The van der Waals surface area contributed by atoms with Crippen LogP contribution in [0.25, 0.3) is 21.8 Å². The highest BCUT2D eigenvalue weighted by atomic mass is 79.9. The number of methoxy groups -OCH3 is 4. The maximum atomic E-state index is 10.6. The van der Waals surface area contributed by atoms with Gasteiger partial charge in [0.2, 0.25) is 0 Å². The molecule has 0 saturated carbocycles. The van der Waals surface area contributed by atoms with Crippen LogP contribution < -0.4 is 29.2 Å². The number of hydrogen-bond acceptors (Lipinski definition) is 12. The van der Waals surface area contributed by atoms with Crippen molar-refractivity contribution in [1.82, 2.24) is 19.9 Å². The van der Waals surface area contributed by atoms with E-state index in [1.165, 1.54) is 12.7 Å². The number of fused-ring (bicyclic) bond motifs is 2. The van der Waals surface area contributed by atoms with Crippen LogP contribution >= 0.6 is 15.9 Å². The van der Waals surface area contributed by atoms with Crippen LogP contribution in [0.1, 0.15) is 0 Å². The lowest BCUT2D eigenvalue weighted by molar-refractivity contribution is 0.355. The predicted octanol–water partition coefficient (Wildman–Crippen LogP) is 6.99. The molecule has 3 N–H and O–H groups in total. The zero-order valence-corrected chi connectivity index (χ0v) is 26.2. The van der Waals surface area contributed by atoms with Gasteiger partial charge >= 0.3 is 0 Å². The molecule has 13 heteroatoms. The van der Waals surface area contributed by atoms with Gasteiger partial charge in [0.1, 0.15) is 35.8 Å². The first-order valence-electron chi connectivity index (χ1n) is 13.5. The Bertz CT molecular complexity index is 1960. The number of nitrogens with one attached hydrogen (secondary N) is 1. The minimum absolute atomic E-state index is 0.0250. The van der Waals surface area contributed by atoms with Crippen LogP contribution in [-0.2, 0) is 0 Å². The maximum absolute atomic E-state index is 10.6. The van der Waals surface area contributed by atoms with Crippen molar-refractivity contribution in [2.24, 2.45) is 0 Å². The van der Waals surface area contributed by atoms with Crippen molar-refractivity contribution in [2.75, 3.05) is 38.7 Å². The Hall–Kier alpha value is -5.56. The van der Waals surface area contributed by atoms with Gasteiger partial charge in [-0.3, -0.25) is 4.90 Å². The lowest BCUT2D eigenvalue weighted by atomic mass is 10.1. The highest BCUT2D eigenvalue weighted by Crippen LogP contribution is 2.46. The Balaban J connectivity index is 1.68. The van der Waals surface area contributed by atoms with Gasteiger partial charge in [-0.15, -0.1) is 0 Å². The summed E-state index contributed by atoms with van der Waals surface area (Å²) < 4.78 is 22.8. The number of rotatable bonds is 9. The van der Waals surface area contributed by atoms with Crippen molar-refractivity contribution in [3.05, 3.63) is 77.8 Å². The van der Waals surface area contributed by atoms with E-state index in [9.17, 15) is 10.2 Å².